The van der Waals surface area contributed by atoms with E-state index in [9.17, 15) is 8.42 Å². The minimum Gasteiger partial charge on any atom is -0.392 e. The molecule has 0 radical (unpaired) electrons. The SMILES string of the molecule is O=S(=O)(NCc1ccsc1)c1cc(CO)ccc1Cl. The lowest BCUT2D eigenvalue weighted by atomic mass is 10.2. The van der Waals surface area contributed by atoms with Crippen LogP contribution in [0.1, 0.15) is 11.1 Å². The fourth-order valence-corrected chi connectivity index (χ4v) is 3.74. The van der Waals surface area contributed by atoms with Crippen LogP contribution in [0.3, 0.4) is 0 Å². The second-order valence-corrected chi connectivity index (χ2v) is 6.80. The van der Waals surface area contributed by atoms with Crippen LogP contribution in [0.25, 0.3) is 0 Å². The third kappa shape index (κ3) is 3.55. The summed E-state index contributed by atoms with van der Waals surface area (Å²) in [5.41, 5.74) is 1.39. The molecule has 0 aliphatic heterocycles. The molecule has 2 aromatic rings. The van der Waals surface area contributed by atoms with E-state index in [1.165, 1.54) is 23.5 Å². The molecule has 0 bridgehead atoms. The summed E-state index contributed by atoms with van der Waals surface area (Å²) in [5, 5.41) is 12.9. The van der Waals surface area contributed by atoms with Crippen molar-refractivity contribution in [2.75, 3.05) is 0 Å². The van der Waals surface area contributed by atoms with E-state index in [0.717, 1.165) is 5.56 Å². The molecule has 0 spiro atoms. The first kappa shape index (κ1) is 14.5. The number of halogens is 1. The molecule has 0 unspecified atom stereocenters. The highest BCUT2D eigenvalue weighted by atomic mass is 35.5. The molecular formula is C12H12ClNO3S2. The number of hydrogen-bond acceptors (Lipinski definition) is 4. The molecule has 0 atom stereocenters. The van der Waals surface area contributed by atoms with Gasteiger partial charge in [0.25, 0.3) is 0 Å². The normalized spacial score (nSPS) is 11.7. The van der Waals surface area contributed by atoms with Crippen molar-refractivity contribution >= 4 is 33.0 Å². The van der Waals surface area contributed by atoms with Gasteiger partial charge in [-0.25, -0.2) is 13.1 Å². The van der Waals surface area contributed by atoms with Crippen LogP contribution in [-0.4, -0.2) is 13.5 Å². The molecule has 1 heterocycles. The predicted octanol–water partition coefficient (Wildman–Crippen LogP) is 2.37. The summed E-state index contributed by atoms with van der Waals surface area (Å²) in [5.74, 6) is 0. The Morgan fingerprint density at radius 1 is 1.26 bits per heavy atom. The molecule has 102 valence electrons. The van der Waals surface area contributed by atoms with Gasteiger partial charge in [-0.3, -0.25) is 0 Å². The summed E-state index contributed by atoms with van der Waals surface area (Å²) >= 11 is 7.40. The Hall–Kier alpha value is -0.920. The van der Waals surface area contributed by atoms with E-state index < -0.39 is 10.0 Å². The van der Waals surface area contributed by atoms with E-state index in [1.807, 2.05) is 16.8 Å². The highest BCUT2D eigenvalue weighted by Gasteiger charge is 2.18. The number of sulfonamides is 1. The van der Waals surface area contributed by atoms with Crippen molar-refractivity contribution in [3.63, 3.8) is 0 Å². The van der Waals surface area contributed by atoms with Gasteiger partial charge in [-0.2, -0.15) is 11.3 Å². The summed E-state index contributed by atoms with van der Waals surface area (Å²) in [6.07, 6.45) is 0. The molecule has 7 heteroatoms. The molecule has 0 fully saturated rings. The zero-order valence-electron chi connectivity index (χ0n) is 9.84. The molecule has 1 aromatic heterocycles. The van der Waals surface area contributed by atoms with E-state index in [0.29, 0.717) is 5.56 Å². The van der Waals surface area contributed by atoms with Crippen LogP contribution < -0.4 is 4.72 Å². The Labute approximate surface area is 120 Å². The fourth-order valence-electron chi connectivity index (χ4n) is 1.50. The topological polar surface area (TPSA) is 66.4 Å². The van der Waals surface area contributed by atoms with Crippen molar-refractivity contribution in [2.24, 2.45) is 0 Å². The highest BCUT2D eigenvalue weighted by molar-refractivity contribution is 7.89. The standard InChI is InChI=1S/C12H12ClNO3S2/c13-11-2-1-9(7-15)5-12(11)19(16,17)14-6-10-3-4-18-8-10/h1-5,8,14-15H,6-7H2. The smallest absolute Gasteiger partial charge is 0.242 e. The second-order valence-electron chi connectivity index (χ2n) is 3.88. The van der Waals surface area contributed by atoms with Gasteiger partial charge in [0.05, 0.1) is 11.6 Å². The Morgan fingerprint density at radius 2 is 2.05 bits per heavy atom. The van der Waals surface area contributed by atoms with Crippen LogP contribution in [0.2, 0.25) is 5.02 Å². The van der Waals surface area contributed by atoms with Crippen LogP contribution in [0, 0.1) is 0 Å². The van der Waals surface area contributed by atoms with E-state index in [-0.39, 0.29) is 23.1 Å². The number of benzene rings is 1. The number of nitrogens with one attached hydrogen (secondary N) is 1. The Morgan fingerprint density at radius 3 is 2.68 bits per heavy atom. The molecule has 0 amide bonds. The van der Waals surface area contributed by atoms with Crippen molar-refractivity contribution in [1.82, 2.24) is 4.72 Å². The summed E-state index contributed by atoms with van der Waals surface area (Å²) in [6, 6.07) is 6.27. The van der Waals surface area contributed by atoms with Crippen LogP contribution in [0.15, 0.2) is 39.9 Å². The third-order valence-corrected chi connectivity index (χ3v) is 5.13. The molecule has 0 aliphatic rings. The maximum Gasteiger partial charge on any atom is 0.242 e. The van der Waals surface area contributed by atoms with Crippen LogP contribution in [-0.2, 0) is 23.2 Å². The second kappa shape index (κ2) is 6.02. The van der Waals surface area contributed by atoms with Gasteiger partial charge in [0, 0.05) is 6.54 Å². The first-order valence-corrected chi connectivity index (χ1v) is 8.23. The van der Waals surface area contributed by atoms with Gasteiger partial charge in [-0.05, 0) is 40.1 Å². The van der Waals surface area contributed by atoms with Gasteiger partial charge in [0.2, 0.25) is 10.0 Å². The Balaban J connectivity index is 2.23. The zero-order chi connectivity index (χ0) is 13.9. The Kier molecular flexibility index (Phi) is 4.59. The van der Waals surface area contributed by atoms with Crippen molar-refractivity contribution in [3.8, 4) is 0 Å². The van der Waals surface area contributed by atoms with Gasteiger partial charge in [-0.1, -0.05) is 17.7 Å². The maximum atomic E-state index is 12.1. The molecule has 1 aromatic carbocycles. The van der Waals surface area contributed by atoms with Crippen LogP contribution >= 0.6 is 22.9 Å². The van der Waals surface area contributed by atoms with Gasteiger partial charge >= 0.3 is 0 Å². The largest absolute Gasteiger partial charge is 0.392 e. The zero-order valence-corrected chi connectivity index (χ0v) is 12.2. The van der Waals surface area contributed by atoms with E-state index in [1.54, 1.807) is 6.07 Å². The van der Waals surface area contributed by atoms with Gasteiger partial charge in [0.15, 0.2) is 0 Å². The summed E-state index contributed by atoms with van der Waals surface area (Å²) < 4.78 is 26.8. The highest BCUT2D eigenvalue weighted by Crippen LogP contribution is 2.23. The lowest BCUT2D eigenvalue weighted by Gasteiger charge is -2.09. The number of thiophene rings is 1. The van der Waals surface area contributed by atoms with Crippen molar-refractivity contribution in [2.45, 2.75) is 18.0 Å². The number of aliphatic hydroxyl groups excluding tert-OH is 1. The first-order valence-electron chi connectivity index (χ1n) is 5.43. The molecule has 4 nitrogen and oxygen atoms in total. The summed E-state index contributed by atoms with van der Waals surface area (Å²) in [7, 11) is -3.69. The quantitative estimate of drug-likeness (QED) is 0.889. The van der Waals surface area contributed by atoms with Gasteiger partial charge in [-0.15, -0.1) is 0 Å². The van der Waals surface area contributed by atoms with Crippen LogP contribution in [0.4, 0.5) is 0 Å². The summed E-state index contributed by atoms with van der Waals surface area (Å²) in [4.78, 5) is -0.0176. The lowest BCUT2D eigenvalue weighted by Crippen LogP contribution is -2.23. The molecular weight excluding hydrogens is 306 g/mol. The molecule has 19 heavy (non-hydrogen) atoms. The van der Waals surface area contributed by atoms with Crippen molar-refractivity contribution in [3.05, 3.63) is 51.2 Å². The average molecular weight is 318 g/mol. The molecule has 0 saturated carbocycles. The van der Waals surface area contributed by atoms with E-state index >= 15 is 0 Å². The average Bonchev–Trinajstić information content (AvgIpc) is 2.90. The van der Waals surface area contributed by atoms with Crippen LogP contribution in [0.5, 0.6) is 0 Å². The van der Waals surface area contributed by atoms with Crippen molar-refractivity contribution < 1.29 is 13.5 Å². The lowest BCUT2D eigenvalue weighted by molar-refractivity contribution is 0.281. The monoisotopic (exact) mass is 317 g/mol. The third-order valence-electron chi connectivity index (χ3n) is 2.51. The van der Waals surface area contributed by atoms with Gasteiger partial charge in [0.1, 0.15) is 4.90 Å². The number of rotatable bonds is 5. The molecule has 0 saturated heterocycles. The molecule has 2 N–H and O–H groups in total. The molecule has 2 rings (SSSR count). The summed E-state index contributed by atoms with van der Waals surface area (Å²) in [6.45, 7) is -0.0181. The maximum absolute atomic E-state index is 12.1. The molecule has 0 aliphatic carbocycles. The predicted molar refractivity (Wildman–Crippen MR) is 75.7 cm³/mol. The van der Waals surface area contributed by atoms with Gasteiger partial charge < -0.3 is 5.11 Å². The first-order chi connectivity index (χ1) is 9.03. The number of aliphatic hydroxyl groups is 1. The minimum absolute atomic E-state index is 0.0176. The fraction of sp³-hybridized carbons (Fsp3) is 0.167. The van der Waals surface area contributed by atoms with Crippen molar-refractivity contribution in [1.29, 1.82) is 0 Å². The Bertz CT molecular complexity index is 654. The minimum atomic E-state index is -3.69. The number of hydrogen-bond donors (Lipinski definition) is 2. The van der Waals surface area contributed by atoms with E-state index in [4.69, 9.17) is 16.7 Å². The van der Waals surface area contributed by atoms with E-state index in [2.05, 4.69) is 4.72 Å².